The molecule has 100 valence electrons. The minimum Gasteiger partial charge on any atom is -0.380 e. The van der Waals surface area contributed by atoms with Crippen LogP contribution in [0, 0.1) is 0 Å². The molecule has 5 heteroatoms. The molecule has 0 saturated heterocycles. The highest BCUT2D eigenvalue weighted by Gasteiger charge is 2.32. The third kappa shape index (κ3) is 2.61. The van der Waals surface area contributed by atoms with Crippen LogP contribution in [0.15, 0.2) is 29.3 Å². The lowest BCUT2D eigenvalue weighted by molar-refractivity contribution is -0.120. The highest BCUT2D eigenvalue weighted by atomic mass is 16.5. The molecule has 1 fully saturated rings. The monoisotopic (exact) mass is 259 g/mol. The Bertz CT molecular complexity index is 523. The van der Waals surface area contributed by atoms with Crippen LogP contribution in [-0.4, -0.2) is 25.0 Å². The smallest absolute Gasteiger partial charge is 0.256 e. The summed E-state index contributed by atoms with van der Waals surface area (Å²) in [5.41, 5.74) is 1.91. The minimum atomic E-state index is -0.465. The Labute approximate surface area is 112 Å². The van der Waals surface area contributed by atoms with Gasteiger partial charge in [0.05, 0.1) is 6.61 Å². The first kappa shape index (κ1) is 12.2. The van der Waals surface area contributed by atoms with Gasteiger partial charge in [-0.2, -0.15) is 0 Å². The van der Waals surface area contributed by atoms with E-state index in [1.54, 1.807) is 7.11 Å². The minimum absolute atomic E-state index is 0.0771. The first-order valence-corrected chi connectivity index (χ1v) is 6.50. The molecular weight excluding hydrogens is 242 g/mol. The van der Waals surface area contributed by atoms with Gasteiger partial charge in [-0.05, 0) is 24.0 Å². The van der Waals surface area contributed by atoms with Crippen molar-refractivity contribution in [1.29, 1.82) is 0 Å². The summed E-state index contributed by atoms with van der Waals surface area (Å²) in [6, 6.07) is 7.77. The molecule has 1 aliphatic heterocycles. The molecule has 1 aromatic carbocycles. The van der Waals surface area contributed by atoms with E-state index in [2.05, 4.69) is 15.6 Å². The Hall–Kier alpha value is -1.88. The normalized spacial score (nSPS) is 22.1. The Kier molecular flexibility index (Phi) is 3.21. The van der Waals surface area contributed by atoms with Crippen molar-refractivity contribution in [2.24, 2.45) is 4.99 Å². The standard InChI is InChI=1S/C14H17N3O2/c1-19-8-9-4-2-3-5-11(9)12-13(18)17-14(16-12)15-10-6-7-10/h2-5,10,12H,6-8H2,1H3,(H2,15,16,17,18). The van der Waals surface area contributed by atoms with Crippen molar-refractivity contribution >= 4 is 11.9 Å². The summed E-state index contributed by atoms with van der Waals surface area (Å²) in [6.45, 7) is 0.487. The summed E-state index contributed by atoms with van der Waals surface area (Å²) >= 11 is 0. The van der Waals surface area contributed by atoms with E-state index in [1.807, 2.05) is 24.3 Å². The third-order valence-electron chi connectivity index (χ3n) is 3.32. The van der Waals surface area contributed by atoms with E-state index in [4.69, 9.17) is 4.74 Å². The van der Waals surface area contributed by atoms with E-state index in [0.717, 1.165) is 24.0 Å². The number of hydrogen-bond acceptors (Lipinski definition) is 4. The summed E-state index contributed by atoms with van der Waals surface area (Å²) in [4.78, 5) is 16.5. The van der Waals surface area contributed by atoms with Crippen molar-refractivity contribution in [2.75, 3.05) is 7.11 Å². The fourth-order valence-electron chi connectivity index (χ4n) is 2.20. The van der Waals surface area contributed by atoms with Gasteiger partial charge in [-0.1, -0.05) is 24.3 Å². The number of methoxy groups -OCH3 is 1. The van der Waals surface area contributed by atoms with Gasteiger partial charge < -0.3 is 10.1 Å². The summed E-state index contributed by atoms with van der Waals surface area (Å²) in [7, 11) is 1.65. The number of amides is 1. The summed E-state index contributed by atoms with van der Waals surface area (Å²) < 4.78 is 5.17. The highest BCUT2D eigenvalue weighted by molar-refractivity contribution is 6.05. The van der Waals surface area contributed by atoms with Crippen LogP contribution in [0.1, 0.15) is 30.0 Å². The summed E-state index contributed by atoms with van der Waals surface area (Å²) in [5.74, 6) is 0.524. The van der Waals surface area contributed by atoms with Gasteiger partial charge in [0.15, 0.2) is 12.0 Å². The molecule has 2 aliphatic rings. The van der Waals surface area contributed by atoms with Crippen molar-refractivity contribution in [1.82, 2.24) is 10.6 Å². The SMILES string of the molecule is COCc1ccccc1C1N=C(NC2CC2)NC1=O. The molecule has 1 saturated carbocycles. The fourth-order valence-corrected chi connectivity index (χ4v) is 2.20. The number of guanidine groups is 1. The Balaban J connectivity index is 1.84. The molecular formula is C14H17N3O2. The second-order valence-electron chi connectivity index (χ2n) is 4.92. The van der Waals surface area contributed by atoms with Gasteiger partial charge in [0.2, 0.25) is 0 Å². The van der Waals surface area contributed by atoms with Gasteiger partial charge in [-0.3, -0.25) is 10.1 Å². The number of rotatable bonds is 4. The molecule has 1 atom stereocenters. The summed E-state index contributed by atoms with van der Waals surface area (Å²) in [6.07, 6.45) is 2.31. The number of hydrogen-bond donors (Lipinski definition) is 2. The fraction of sp³-hybridized carbons (Fsp3) is 0.429. The van der Waals surface area contributed by atoms with Crippen molar-refractivity contribution in [3.05, 3.63) is 35.4 Å². The Morgan fingerprint density at radius 2 is 2.21 bits per heavy atom. The topological polar surface area (TPSA) is 62.7 Å². The van der Waals surface area contributed by atoms with E-state index >= 15 is 0 Å². The number of nitrogens with one attached hydrogen (secondary N) is 2. The Morgan fingerprint density at radius 1 is 1.42 bits per heavy atom. The number of nitrogens with zero attached hydrogens (tertiary/aromatic N) is 1. The van der Waals surface area contributed by atoms with Crippen molar-refractivity contribution < 1.29 is 9.53 Å². The zero-order valence-electron chi connectivity index (χ0n) is 10.8. The van der Waals surface area contributed by atoms with Crippen LogP contribution in [0.3, 0.4) is 0 Å². The summed E-state index contributed by atoms with van der Waals surface area (Å²) in [5, 5.41) is 6.02. The van der Waals surface area contributed by atoms with Crippen molar-refractivity contribution in [3.63, 3.8) is 0 Å². The second-order valence-corrected chi connectivity index (χ2v) is 4.92. The highest BCUT2D eigenvalue weighted by Crippen LogP contribution is 2.26. The van der Waals surface area contributed by atoms with E-state index in [9.17, 15) is 4.79 Å². The van der Waals surface area contributed by atoms with Crippen LogP contribution >= 0.6 is 0 Å². The van der Waals surface area contributed by atoms with E-state index < -0.39 is 6.04 Å². The number of carbonyl (C=O) groups excluding carboxylic acids is 1. The molecule has 5 nitrogen and oxygen atoms in total. The van der Waals surface area contributed by atoms with E-state index in [-0.39, 0.29) is 5.91 Å². The predicted molar refractivity (Wildman–Crippen MR) is 71.6 cm³/mol. The Morgan fingerprint density at radius 3 is 2.95 bits per heavy atom. The van der Waals surface area contributed by atoms with Crippen molar-refractivity contribution in [3.8, 4) is 0 Å². The van der Waals surface area contributed by atoms with Gasteiger partial charge in [-0.15, -0.1) is 0 Å². The van der Waals surface area contributed by atoms with Crippen LogP contribution in [-0.2, 0) is 16.1 Å². The van der Waals surface area contributed by atoms with Crippen LogP contribution in [0.25, 0.3) is 0 Å². The van der Waals surface area contributed by atoms with E-state index in [0.29, 0.717) is 18.6 Å². The second kappa shape index (κ2) is 5.01. The maximum atomic E-state index is 12.0. The molecule has 0 bridgehead atoms. The molecule has 1 aliphatic carbocycles. The zero-order valence-corrected chi connectivity index (χ0v) is 10.8. The van der Waals surface area contributed by atoms with Gasteiger partial charge in [0, 0.05) is 13.2 Å². The molecule has 2 N–H and O–H groups in total. The quantitative estimate of drug-likeness (QED) is 0.851. The first-order valence-electron chi connectivity index (χ1n) is 6.50. The molecule has 1 unspecified atom stereocenters. The lowest BCUT2D eigenvalue weighted by Crippen LogP contribution is -2.37. The maximum absolute atomic E-state index is 12.0. The maximum Gasteiger partial charge on any atom is 0.256 e. The molecule has 0 spiro atoms. The number of carbonyl (C=O) groups is 1. The molecule has 1 heterocycles. The molecule has 19 heavy (non-hydrogen) atoms. The lowest BCUT2D eigenvalue weighted by atomic mass is 10.0. The average Bonchev–Trinajstić information content (AvgIpc) is 3.13. The number of benzene rings is 1. The van der Waals surface area contributed by atoms with Crippen molar-refractivity contribution in [2.45, 2.75) is 31.5 Å². The molecule has 0 radical (unpaired) electrons. The first-order chi connectivity index (χ1) is 9.28. The van der Waals surface area contributed by atoms with Crippen LogP contribution in [0.2, 0.25) is 0 Å². The lowest BCUT2D eigenvalue weighted by Gasteiger charge is -2.10. The van der Waals surface area contributed by atoms with E-state index in [1.165, 1.54) is 0 Å². The largest absolute Gasteiger partial charge is 0.380 e. The van der Waals surface area contributed by atoms with Crippen LogP contribution in [0.5, 0.6) is 0 Å². The van der Waals surface area contributed by atoms with Gasteiger partial charge in [-0.25, -0.2) is 4.99 Å². The number of aliphatic imine (C=N–C) groups is 1. The molecule has 3 rings (SSSR count). The zero-order chi connectivity index (χ0) is 13.2. The molecule has 1 aromatic rings. The molecule has 0 aromatic heterocycles. The average molecular weight is 259 g/mol. The predicted octanol–water partition coefficient (Wildman–Crippen LogP) is 1.11. The van der Waals surface area contributed by atoms with Gasteiger partial charge >= 0.3 is 0 Å². The van der Waals surface area contributed by atoms with Gasteiger partial charge in [0.1, 0.15) is 0 Å². The van der Waals surface area contributed by atoms with Crippen LogP contribution < -0.4 is 10.6 Å². The third-order valence-corrected chi connectivity index (χ3v) is 3.32. The molecule has 1 amide bonds. The van der Waals surface area contributed by atoms with Gasteiger partial charge in [0.25, 0.3) is 5.91 Å². The van der Waals surface area contributed by atoms with Crippen LogP contribution in [0.4, 0.5) is 0 Å². The number of ether oxygens (including phenoxy) is 1.